The van der Waals surface area contributed by atoms with Gasteiger partial charge >= 0.3 is 5.97 Å². The minimum atomic E-state index is -0.896. The molecule has 0 saturated heterocycles. The van der Waals surface area contributed by atoms with Crippen LogP contribution in [0, 0.1) is 17.8 Å². The summed E-state index contributed by atoms with van der Waals surface area (Å²) in [6, 6.07) is 0. The Kier molecular flexibility index (Phi) is 12.2. The Balaban J connectivity index is 1.60. The first-order valence-corrected chi connectivity index (χ1v) is 13.2. The van der Waals surface area contributed by atoms with Crippen molar-refractivity contribution in [2.75, 3.05) is 0 Å². The number of allylic oxidation sites excluding steroid dienone is 2. The smallest absolute Gasteiger partial charge is 0.309 e. The second kappa shape index (κ2) is 14.3. The van der Waals surface area contributed by atoms with E-state index in [0.29, 0.717) is 25.2 Å². The highest BCUT2D eigenvalue weighted by atomic mass is 16.4. The molecular formula is C27H48O4. The summed E-state index contributed by atoms with van der Waals surface area (Å²) in [6.45, 7) is 2.26. The Morgan fingerprint density at radius 2 is 1.55 bits per heavy atom. The lowest BCUT2D eigenvalue weighted by Gasteiger charge is -2.33. The first-order valence-electron chi connectivity index (χ1n) is 13.2. The van der Waals surface area contributed by atoms with Crippen molar-refractivity contribution >= 4 is 5.97 Å². The van der Waals surface area contributed by atoms with E-state index in [4.69, 9.17) is 0 Å². The molecule has 0 bridgehead atoms. The molecule has 1 fully saturated rings. The molecule has 2 aliphatic rings. The third-order valence-corrected chi connectivity index (χ3v) is 7.80. The van der Waals surface area contributed by atoms with E-state index in [0.717, 1.165) is 50.9 Å². The van der Waals surface area contributed by atoms with Gasteiger partial charge in [0, 0.05) is 0 Å². The van der Waals surface area contributed by atoms with Crippen molar-refractivity contribution in [2.45, 2.75) is 134 Å². The summed E-state index contributed by atoms with van der Waals surface area (Å²) in [4.78, 5) is 11.7. The molecule has 0 radical (unpaired) electrons. The van der Waals surface area contributed by atoms with Crippen molar-refractivity contribution in [1.82, 2.24) is 0 Å². The van der Waals surface area contributed by atoms with Crippen LogP contribution in [0.25, 0.3) is 0 Å². The number of carboxylic acids is 1. The van der Waals surface area contributed by atoms with Crippen LogP contribution in [0.3, 0.4) is 0 Å². The van der Waals surface area contributed by atoms with E-state index in [2.05, 4.69) is 19.1 Å². The van der Waals surface area contributed by atoms with Crippen molar-refractivity contribution in [3.8, 4) is 0 Å². The fourth-order valence-electron chi connectivity index (χ4n) is 5.58. The van der Waals surface area contributed by atoms with E-state index in [9.17, 15) is 20.1 Å². The lowest BCUT2D eigenvalue weighted by atomic mass is 9.79. The molecule has 0 aromatic heterocycles. The van der Waals surface area contributed by atoms with Crippen molar-refractivity contribution in [3.63, 3.8) is 0 Å². The number of aliphatic hydroxyl groups excluding tert-OH is 1. The highest BCUT2D eigenvalue weighted by Crippen LogP contribution is 2.33. The minimum absolute atomic E-state index is 0.389. The van der Waals surface area contributed by atoms with E-state index in [1.54, 1.807) is 0 Å². The predicted molar refractivity (Wildman–Crippen MR) is 127 cm³/mol. The Hall–Kier alpha value is -0.870. The maximum Gasteiger partial charge on any atom is 0.309 e. The summed E-state index contributed by atoms with van der Waals surface area (Å²) < 4.78 is 0. The van der Waals surface area contributed by atoms with E-state index in [1.165, 1.54) is 51.4 Å². The van der Waals surface area contributed by atoms with Crippen LogP contribution >= 0.6 is 0 Å². The molecule has 2 rings (SSSR count). The zero-order chi connectivity index (χ0) is 22.5. The molecule has 0 aromatic carbocycles. The third kappa shape index (κ3) is 10.1. The molecule has 2 aliphatic carbocycles. The second-order valence-electron chi connectivity index (χ2n) is 10.5. The molecule has 4 atom stereocenters. The predicted octanol–water partition coefficient (Wildman–Crippen LogP) is 6.64. The van der Waals surface area contributed by atoms with Gasteiger partial charge in [0.1, 0.15) is 0 Å². The lowest BCUT2D eigenvalue weighted by Crippen LogP contribution is -2.35. The van der Waals surface area contributed by atoms with Gasteiger partial charge in [0.25, 0.3) is 0 Å². The first kappa shape index (κ1) is 26.4. The number of hydrogen-bond acceptors (Lipinski definition) is 3. The van der Waals surface area contributed by atoms with Crippen LogP contribution in [0.4, 0.5) is 0 Å². The maximum atomic E-state index is 11.7. The van der Waals surface area contributed by atoms with E-state index < -0.39 is 23.6 Å². The summed E-state index contributed by atoms with van der Waals surface area (Å²) in [5.74, 6) is -0.120. The third-order valence-electron chi connectivity index (χ3n) is 7.80. The van der Waals surface area contributed by atoms with E-state index in [1.807, 2.05) is 0 Å². The van der Waals surface area contributed by atoms with Gasteiger partial charge in [-0.25, -0.2) is 0 Å². The standard InChI is InChI=1S/C27H48O4/c1-2-3-6-11-22-14-16-23(17-15-22)12-7-4-8-13-24(26(29)30)25(28)18-21-27(31)19-9-5-10-20-27/h14,16,22-25,28,31H,2-13,15,17-21H2,1H3,(H,29,30)/t22-,23-,24-,25+/m0/s1. The van der Waals surface area contributed by atoms with E-state index in [-0.39, 0.29) is 0 Å². The summed E-state index contributed by atoms with van der Waals surface area (Å²) in [5, 5.41) is 30.7. The average Bonchev–Trinajstić information content (AvgIpc) is 2.76. The van der Waals surface area contributed by atoms with Crippen LogP contribution in [0.2, 0.25) is 0 Å². The number of aliphatic carboxylic acids is 1. The molecule has 4 heteroatoms. The molecule has 180 valence electrons. The van der Waals surface area contributed by atoms with Gasteiger partial charge in [0.2, 0.25) is 0 Å². The van der Waals surface area contributed by atoms with Gasteiger partial charge in [-0.05, 0) is 69.6 Å². The number of aliphatic hydroxyl groups is 2. The molecule has 1 saturated carbocycles. The van der Waals surface area contributed by atoms with Crippen LogP contribution in [0.5, 0.6) is 0 Å². The second-order valence-corrected chi connectivity index (χ2v) is 10.5. The number of carboxylic acid groups (broad SMARTS) is 1. The quantitative estimate of drug-likeness (QED) is 0.199. The first-order chi connectivity index (χ1) is 14.9. The van der Waals surface area contributed by atoms with Gasteiger partial charge in [-0.2, -0.15) is 0 Å². The molecular weight excluding hydrogens is 388 g/mol. The number of hydrogen-bond donors (Lipinski definition) is 3. The van der Waals surface area contributed by atoms with Gasteiger partial charge in [0.05, 0.1) is 17.6 Å². The summed E-state index contributed by atoms with van der Waals surface area (Å²) >= 11 is 0. The number of carbonyl (C=O) groups is 1. The van der Waals surface area contributed by atoms with Gasteiger partial charge in [-0.3, -0.25) is 4.79 Å². The Labute approximate surface area is 190 Å². The fraction of sp³-hybridized carbons (Fsp3) is 0.889. The summed E-state index contributed by atoms with van der Waals surface area (Å²) in [7, 11) is 0. The van der Waals surface area contributed by atoms with Crippen molar-refractivity contribution in [2.24, 2.45) is 17.8 Å². The number of rotatable bonds is 15. The molecule has 0 aliphatic heterocycles. The molecule has 3 N–H and O–H groups in total. The lowest BCUT2D eigenvalue weighted by molar-refractivity contribution is -0.146. The minimum Gasteiger partial charge on any atom is -0.481 e. The van der Waals surface area contributed by atoms with E-state index >= 15 is 0 Å². The molecule has 31 heavy (non-hydrogen) atoms. The highest BCUT2D eigenvalue weighted by molar-refractivity contribution is 5.70. The van der Waals surface area contributed by atoms with Gasteiger partial charge in [-0.1, -0.05) is 76.9 Å². The summed E-state index contributed by atoms with van der Waals surface area (Å²) in [5.41, 5.74) is -0.690. The van der Waals surface area contributed by atoms with Gasteiger partial charge < -0.3 is 15.3 Å². The highest BCUT2D eigenvalue weighted by Gasteiger charge is 2.32. The Morgan fingerprint density at radius 1 is 0.935 bits per heavy atom. The van der Waals surface area contributed by atoms with Crippen molar-refractivity contribution in [3.05, 3.63) is 12.2 Å². The molecule has 0 unspecified atom stereocenters. The molecule has 0 aromatic rings. The van der Waals surface area contributed by atoms with Crippen molar-refractivity contribution < 1.29 is 20.1 Å². The zero-order valence-corrected chi connectivity index (χ0v) is 19.9. The number of unbranched alkanes of at least 4 members (excludes halogenated alkanes) is 4. The molecule has 4 nitrogen and oxygen atoms in total. The Bertz CT molecular complexity index is 523. The van der Waals surface area contributed by atoms with Crippen LogP contribution in [-0.4, -0.2) is 33.0 Å². The van der Waals surface area contributed by atoms with Crippen molar-refractivity contribution in [1.29, 1.82) is 0 Å². The average molecular weight is 437 g/mol. The normalized spacial score (nSPS) is 25.3. The topological polar surface area (TPSA) is 77.8 Å². The van der Waals surface area contributed by atoms with Gasteiger partial charge in [0.15, 0.2) is 0 Å². The zero-order valence-electron chi connectivity index (χ0n) is 19.9. The monoisotopic (exact) mass is 436 g/mol. The molecule has 0 spiro atoms. The van der Waals surface area contributed by atoms with Crippen LogP contribution in [0.1, 0.15) is 122 Å². The molecule has 0 heterocycles. The largest absolute Gasteiger partial charge is 0.481 e. The van der Waals surface area contributed by atoms with Crippen LogP contribution < -0.4 is 0 Å². The molecule has 0 amide bonds. The fourth-order valence-corrected chi connectivity index (χ4v) is 5.58. The maximum absolute atomic E-state index is 11.7. The van der Waals surface area contributed by atoms with Crippen LogP contribution in [0.15, 0.2) is 12.2 Å². The SMILES string of the molecule is CCCCC[C@H]1C=C[C@H](CCCCC[C@H](C(=O)O)[C@H](O)CCC2(O)CCCCC2)CC1. The Morgan fingerprint density at radius 3 is 2.10 bits per heavy atom. The van der Waals surface area contributed by atoms with Gasteiger partial charge in [-0.15, -0.1) is 0 Å². The summed E-state index contributed by atoms with van der Waals surface area (Å²) in [6.07, 6.45) is 22.4. The van der Waals surface area contributed by atoms with Crippen LogP contribution in [-0.2, 0) is 4.79 Å².